The molecule has 0 N–H and O–H groups in total. The zero-order chi connectivity index (χ0) is 17.1. The first-order chi connectivity index (χ1) is 12.3. The summed E-state index contributed by atoms with van der Waals surface area (Å²) in [6.07, 6.45) is 1.97. The third-order valence-electron chi connectivity index (χ3n) is 4.25. The highest BCUT2D eigenvalue weighted by atomic mass is 32.1. The normalized spacial score (nSPS) is 10.9. The van der Waals surface area contributed by atoms with Crippen molar-refractivity contribution < 1.29 is 0 Å². The largest absolute Gasteiger partial charge is 0.303 e. The maximum Gasteiger partial charge on any atom is 0.251 e. The first-order valence-corrected chi connectivity index (χ1v) is 9.07. The summed E-state index contributed by atoms with van der Waals surface area (Å²) in [5.74, 6) is 0. The van der Waals surface area contributed by atoms with Crippen LogP contribution in [0, 0.1) is 0 Å². The Morgan fingerprint density at radius 3 is 1.92 bits per heavy atom. The quantitative estimate of drug-likeness (QED) is 0.498. The molecule has 0 unspecified atom stereocenters. The lowest BCUT2D eigenvalue weighted by molar-refractivity contribution is 0.651. The van der Waals surface area contributed by atoms with Crippen molar-refractivity contribution >= 4 is 11.3 Å². The average Bonchev–Trinajstić information content (AvgIpc) is 3.20. The Kier molecular flexibility index (Phi) is 4.32. The van der Waals surface area contributed by atoms with E-state index in [-0.39, 0.29) is 11.6 Å². The Labute approximate surface area is 150 Å². The molecule has 0 fully saturated rings. The van der Waals surface area contributed by atoms with Crippen LogP contribution in [0.15, 0.2) is 101 Å². The van der Waals surface area contributed by atoms with Crippen LogP contribution in [-0.4, -0.2) is 4.57 Å². The minimum atomic E-state index is -0.144. The number of aromatic nitrogens is 1. The number of thiophene rings is 1. The molecule has 0 spiro atoms. The molecule has 2 nitrogen and oxygen atoms in total. The van der Waals surface area contributed by atoms with Crippen LogP contribution in [0.3, 0.4) is 0 Å². The minimum absolute atomic E-state index is 0.00184. The molecule has 3 heteroatoms. The molecular weight excluding hydrogens is 326 g/mol. The lowest BCUT2D eigenvalue weighted by atomic mass is 9.98. The first-order valence-electron chi connectivity index (χ1n) is 8.19. The lowest BCUT2D eigenvalue weighted by Gasteiger charge is -2.21. The molecule has 0 aliphatic carbocycles. The Morgan fingerprint density at radius 2 is 1.36 bits per heavy atom. The summed E-state index contributed by atoms with van der Waals surface area (Å²) in [5.41, 5.74) is 3.25. The molecule has 0 amide bonds. The van der Waals surface area contributed by atoms with Crippen LogP contribution < -0.4 is 5.56 Å². The van der Waals surface area contributed by atoms with Crippen molar-refractivity contribution in [2.75, 3.05) is 0 Å². The zero-order valence-electron chi connectivity index (χ0n) is 13.6. The summed E-state index contributed by atoms with van der Waals surface area (Å²) in [5, 5.41) is 2.05. The maximum absolute atomic E-state index is 12.7. The summed E-state index contributed by atoms with van der Waals surface area (Å²) in [4.78, 5) is 13.9. The highest BCUT2D eigenvalue weighted by Gasteiger charge is 2.17. The van der Waals surface area contributed by atoms with Gasteiger partial charge in [-0.3, -0.25) is 4.79 Å². The summed E-state index contributed by atoms with van der Waals surface area (Å²) < 4.78 is 1.83. The van der Waals surface area contributed by atoms with Crippen LogP contribution in [0.5, 0.6) is 0 Å². The third-order valence-corrected chi connectivity index (χ3v) is 5.17. The zero-order valence-corrected chi connectivity index (χ0v) is 14.4. The van der Waals surface area contributed by atoms with Gasteiger partial charge in [-0.15, -0.1) is 11.3 Å². The second kappa shape index (κ2) is 6.91. The van der Waals surface area contributed by atoms with E-state index in [9.17, 15) is 4.79 Å². The highest BCUT2D eigenvalue weighted by Crippen LogP contribution is 2.28. The van der Waals surface area contributed by atoms with Crippen molar-refractivity contribution in [1.82, 2.24) is 4.57 Å². The molecule has 2 heterocycles. The second-order valence-corrected chi connectivity index (χ2v) is 6.81. The van der Waals surface area contributed by atoms with Gasteiger partial charge < -0.3 is 4.57 Å². The van der Waals surface area contributed by atoms with Gasteiger partial charge in [0.1, 0.15) is 0 Å². The number of nitrogens with zero attached hydrogens (tertiary/aromatic N) is 1. The number of benzene rings is 2. The molecule has 0 bridgehead atoms. The van der Waals surface area contributed by atoms with Gasteiger partial charge in [-0.25, -0.2) is 0 Å². The summed E-state index contributed by atoms with van der Waals surface area (Å²) in [6, 6.07) is 27.9. The average molecular weight is 343 g/mol. The van der Waals surface area contributed by atoms with E-state index in [0.29, 0.717) is 0 Å². The van der Waals surface area contributed by atoms with E-state index >= 15 is 0 Å². The van der Waals surface area contributed by atoms with Crippen molar-refractivity contribution in [2.45, 2.75) is 6.04 Å². The van der Waals surface area contributed by atoms with Crippen LogP contribution >= 0.6 is 11.3 Å². The van der Waals surface area contributed by atoms with Crippen LogP contribution in [-0.2, 0) is 0 Å². The molecule has 122 valence electrons. The summed E-state index contributed by atoms with van der Waals surface area (Å²) in [6.45, 7) is 0. The second-order valence-electron chi connectivity index (χ2n) is 5.86. The molecule has 2 aromatic heterocycles. The third kappa shape index (κ3) is 3.19. The van der Waals surface area contributed by atoms with Crippen LogP contribution in [0.4, 0.5) is 0 Å². The van der Waals surface area contributed by atoms with Gasteiger partial charge in [-0.1, -0.05) is 66.7 Å². The first kappa shape index (κ1) is 15.6. The Bertz CT molecular complexity index is 965. The fraction of sp³-hybridized carbons (Fsp3) is 0.0455. The van der Waals surface area contributed by atoms with Crippen molar-refractivity contribution in [3.63, 3.8) is 0 Å². The van der Waals surface area contributed by atoms with Gasteiger partial charge in [0.2, 0.25) is 0 Å². The molecule has 2 aromatic carbocycles. The van der Waals surface area contributed by atoms with Crippen molar-refractivity contribution in [2.24, 2.45) is 0 Å². The van der Waals surface area contributed by atoms with E-state index in [0.717, 1.165) is 21.6 Å². The molecule has 0 saturated carbocycles. The smallest absolute Gasteiger partial charge is 0.251 e. The molecule has 0 aliphatic rings. The predicted octanol–water partition coefficient (Wildman–Crippen LogP) is 5.21. The molecule has 4 rings (SSSR count). The Hall–Kier alpha value is -2.91. The fourth-order valence-corrected chi connectivity index (χ4v) is 3.80. The molecule has 4 aromatic rings. The predicted molar refractivity (Wildman–Crippen MR) is 104 cm³/mol. The van der Waals surface area contributed by atoms with Gasteiger partial charge in [0.15, 0.2) is 0 Å². The SMILES string of the molecule is O=c1ccc(-c2cccs2)cn1C(c1ccccc1)c1ccccc1. The number of hydrogen-bond acceptors (Lipinski definition) is 2. The van der Waals surface area contributed by atoms with Gasteiger partial charge in [0.25, 0.3) is 5.56 Å². The van der Waals surface area contributed by atoms with E-state index in [1.54, 1.807) is 17.4 Å². The lowest BCUT2D eigenvalue weighted by Crippen LogP contribution is -2.25. The topological polar surface area (TPSA) is 22.0 Å². The van der Waals surface area contributed by atoms with Gasteiger partial charge in [0, 0.05) is 22.7 Å². The number of pyridine rings is 1. The van der Waals surface area contributed by atoms with Crippen LogP contribution in [0.1, 0.15) is 17.2 Å². The monoisotopic (exact) mass is 343 g/mol. The highest BCUT2D eigenvalue weighted by molar-refractivity contribution is 7.13. The number of rotatable bonds is 4. The molecule has 0 saturated heterocycles. The maximum atomic E-state index is 12.7. The van der Waals surface area contributed by atoms with E-state index in [1.807, 2.05) is 59.3 Å². The van der Waals surface area contributed by atoms with Crippen LogP contribution in [0.2, 0.25) is 0 Å². The summed E-state index contributed by atoms with van der Waals surface area (Å²) >= 11 is 1.68. The number of hydrogen-bond donors (Lipinski definition) is 0. The van der Waals surface area contributed by atoms with Gasteiger partial charge >= 0.3 is 0 Å². The molecule has 25 heavy (non-hydrogen) atoms. The van der Waals surface area contributed by atoms with Crippen LogP contribution in [0.25, 0.3) is 10.4 Å². The molecular formula is C22H17NOS. The van der Waals surface area contributed by atoms with Crippen molar-refractivity contribution in [1.29, 1.82) is 0 Å². The van der Waals surface area contributed by atoms with E-state index in [1.165, 1.54) is 0 Å². The molecule has 0 aliphatic heterocycles. The fourth-order valence-electron chi connectivity index (χ4n) is 3.08. The molecule has 0 atom stereocenters. The molecule has 0 radical (unpaired) electrons. The van der Waals surface area contributed by atoms with E-state index < -0.39 is 0 Å². The Morgan fingerprint density at radius 1 is 0.720 bits per heavy atom. The summed E-state index contributed by atoms with van der Waals surface area (Å²) in [7, 11) is 0. The Balaban J connectivity index is 1.91. The standard InChI is InChI=1S/C22H17NOS/c24-21-14-13-19(20-12-7-15-25-20)16-23(21)22(17-8-3-1-4-9-17)18-10-5-2-6-11-18/h1-16,22H. The van der Waals surface area contributed by atoms with Gasteiger partial charge in [-0.05, 0) is 28.6 Å². The van der Waals surface area contributed by atoms with Gasteiger partial charge in [-0.2, -0.15) is 0 Å². The van der Waals surface area contributed by atoms with E-state index in [2.05, 4.69) is 35.7 Å². The van der Waals surface area contributed by atoms with Gasteiger partial charge in [0.05, 0.1) is 6.04 Å². The van der Waals surface area contributed by atoms with Crippen molar-refractivity contribution in [3.8, 4) is 10.4 Å². The van der Waals surface area contributed by atoms with E-state index in [4.69, 9.17) is 0 Å². The minimum Gasteiger partial charge on any atom is -0.303 e. The van der Waals surface area contributed by atoms with Crippen molar-refractivity contribution in [3.05, 3.63) is 118 Å².